The monoisotopic (exact) mass is 209 g/mol. The summed E-state index contributed by atoms with van der Waals surface area (Å²) in [6.45, 7) is 8.31. The molecule has 0 spiro atoms. The largest absolute Gasteiger partial charge is 0.315 e. The molecule has 1 aliphatic rings. The number of hydrogen-bond acceptors (Lipinski definition) is 1. The predicted molar refractivity (Wildman–Crippen MR) is 73.8 cm³/mol. The minimum atomic E-state index is 1.03. The maximum absolute atomic E-state index is 4.10. The standard InChI is InChI=1S/C14H16BN/c1-10-8-11(2)16(12(3)9-10)14-6-4-13(15)5-7-14/h4-9H,2,15H2,1,3H3. The first-order valence-corrected chi connectivity index (χ1v) is 5.50. The minimum Gasteiger partial charge on any atom is -0.315 e. The lowest BCUT2D eigenvalue weighted by Gasteiger charge is -2.29. The van der Waals surface area contributed by atoms with E-state index in [9.17, 15) is 0 Å². The van der Waals surface area contributed by atoms with Gasteiger partial charge in [0.1, 0.15) is 7.85 Å². The molecule has 1 heterocycles. The van der Waals surface area contributed by atoms with Crippen molar-refractivity contribution in [3.8, 4) is 0 Å². The summed E-state index contributed by atoms with van der Waals surface area (Å²) in [4.78, 5) is 2.17. The van der Waals surface area contributed by atoms with E-state index in [4.69, 9.17) is 0 Å². The van der Waals surface area contributed by atoms with Crippen molar-refractivity contribution >= 4 is 19.0 Å². The molecule has 1 aromatic rings. The third-order valence-corrected chi connectivity index (χ3v) is 2.76. The van der Waals surface area contributed by atoms with Gasteiger partial charge in [-0.15, -0.1) is 0 Å². The molecule has 16 heavy (non-hydrogen) atoms. The van der Waals surface area contributed by atoms with Gasteiger partial charge >= 0.3 is 0 Å². The predicted octanol–water partition coefficient (Wildman–Crippen LogP) is 2.13. The van der Waals surface area contributed by atoms with Gasteiger partial charge in [0.05, 0.1) is 0 Å². The highest BCUT2D eigenvalue weighted by atomic mass is 15.1. The van der Waals surface area contributed by atoms with Crippen molar-refractivity contribution in [3.05, 3.63) is 60.0 Å². The van der Waals surface area contributed by atoms with Crippen LogP contribution in [0.4, 0.5) is 5.69 Å². The van der Waals surface area contributed by atoms with Gasteiger partial charge in [0.25, 0.3) is 0 Å². The molecule has 0 N–H and O–H groups in total. The molecule has 1 aromatic carbocycles. The lowest BCUT2D eigenvalue weighted by Crippen LogP contribution is -2.21. The fourth-order valence-corrected chi connectivity index (χ4v) is 2.05. The average Bonchev–Trinajstić information content (AvgIpc) is 2.19. The van der Waals surface area contributed by atoms with Gasteiger partial charge in [-0.2, -0.15) is 0 Å². The molecule has 0 saturated carbocycles. The van der Waals surface area contributed by atoms with E-state index in [1.807, 2.05) is 0 Å². The summed E-state index contributed by atoms with van der Waals surface area (Å²) in [5, 5.41) is 0. The summed E-state index contributed by atoms with van der Waals surface area (Å²) >= 11 is 0. The Kier molecular flexibility index (Phi) is 2.74. The first-order valence-electron chi connectivity index (χ1n) is 5.50. The van der Waals surface area contributed by atoms with Gasteiger partial charge in [-0.25, -0.2) is 0 Å². The van der Waals surface area contributed by atoms with E-state index < -0.39 is 0 Å². The summed E-state index contributed by atoms with van der Waals surface area (Å²) in [6.07, 6.45) is 4.28. The second-order valence-electron chi connectivity index (χ2n) is 4.34. The average molecular weight is 209 g/mol. The van der Waals surface area contributed by atoms with Crippen LogP contribution in [0, 0.1) is 0 Å². The molecule has 0 aliphatic carbocycles. The molecule has 0 fully saturated rings. The molecule has 1 aliphatic heterocycles. The van der Waals surface area contributed by atoms with Gasteiger partial charge in [-0.1, -0.05) is 24.2 Å². The van der Waals surface area contributed by atoms with E-state index in [1.165, 1.54) is 22.4 Å². The molecular weight excluding hydrogens is 193 g/mol. The maximum Gasteiger partial charge on any atom is 0.139 e. The van der Waals surface area contributed by atoms with Crippen LogP contribution in [0.25, 0.3) is 0 Å². The van der Waals surface area contributed by atoms with Crippen LogP contribution in [0.2, 0.25) is 0 Å². The second-order valence-corrected chi connectivity index (χ2v) is 4.34. The smallest absolute Gasteiger partial charge is 0.139 e. The SMILES string of the molecule is Bc1ccc(N2C(=C)C=C(C)C=C2C)cc1. The van der Waals surface area contributed by atoms with E-state index in [0.717, 1.165) is 5.70 Å². The van der Waals surface area contributed by atoms with Crippen LogP contribution in [0.1, 0.15) is 13.8 Å². The van der Waals surface area contributed by atoms with Gasteiger partial charge in [-0.05, 0) is 43.7 Å². The molecule has 80 valence electrons. The van der Waals surface area contributed by atoms with Crippen LogP contribution >= 0.6 is 0 Å². The summed E-state index contributed by atoms with van der Waals surface area (Å²) < 4.78 is 0. The Bertz CT molecular complexity index is 480. The van der Waals surface area contributed by atoms with Gasteiger partial charge in [0, 0.05) is 17.1 Å². The van der Waals surface area contributed by atoms with E-state index >= 15 is 0 Å². The van der Waals surface area contributed by atoms with Crippen molar-refractivity contribution in [2.24, 2.45) is 0 Å². The molecule has 2 heteroatoms. The van der Waals surface area contributed by atoms with Crippen LogP contribution in [0.5, 0.6) is 0 Å². The number of rotatable bonds is 1. The Morgan fingerprint density at radius 2 is 1.69 bits per heavy atom. The van der Waals surface area contributed by atoms with Gasteiger partial charge in [-0.3, -0.25) is 0 Å². The molecular formula is C14H16BN. The quantitative estimate of drug-likeness (QED) is 0.640. The fourth-order valence-electron chi connectivity index (χ4n) is 2.05. The van der Waals surface area contributed by atoms with E-state index in [0.29, 0.717) is 0 Å². The Morgan fingerprint density at radius 3 is 2.25 bits per heavy atom. The van der Waals surface area contributed by atoms with Crippen molar-refractivity contribution in [3.63, 3.8) is 0 Å². The van der Waals surface area contributed by atoms with Crippen molar-refractivity contribution in [1.82, 2.24) is 0 Å². The number of anilines is 1. The zero-order valence-corrected chi connectivity index (χ0v) is 10.1. The zero-order chi connectivity index (χ0) is 11.7. The summed E-state index contributed by atoms with van der Waals surface area (Å²) in [6, 6.07) is 8.51. The molecule has 1 nitrogen and oxygen atoms in total. The maximum atomic E-state index is 4.10. The first-order chi connectivity index (χ1) is 7.58. The first kappa shape index (κ1) is 10.8. The lowest BCUT2D eigenvalue weighted by atomic mass is 9.96. The van der Waals surface area contributed by atoms with Crippen LogP contribution in [0.3, 0.4) is 0 Å². The zero-order valence-electron chi connectivity index (χ0n) is 10.1. The van der Waals surface area contributed by atoms with Gasteiger partial charge in [0.15, 0.2) is 0 Å². The van der Waals surface area contributed by atoms with Gasteiger partial charge < -0.3 is 4.90 Å². The summed E-state index contributed by atoms with van der Waals surface area (Å²) in [5.74, 6) is 0. The molecule has 2 rings (SSSR count). The third-order valence-electron chi connectivity index (χ3n) is 2.76. The molecule has 0 bridgehead atoms. The Morgan fingerprint density at radius 1 is 1.06 bits per heavy atom. The molecule has 0 amide bonds. The van der Waals surface area contributed by atoms with Crippen molar-refractivity contribution < 1.29 is 0 Å². The Labute approximate surface area is 98.2 Å². The molecule has 0 atom stereocenters. The normalized spacial score (nSPS) is 15.9. The highest BCUT2D eigenvalue weighted by Gasteiger charge is 2.14. The number of nitrogens with zero attached hydrogens (tertiary/aromatic N) is 1. The molecule has 0 saturated heterocycles. The topological polar surface area (TPSA) is 3.24 Å². The third kappa shape index (κ3) is 1.96. The number of allylic oxidation sites excluding steroid dienone is 4. The summed E-state index contributed by atoms with van der Waals surface area (Å²) in [7, 11) is 2.10. The lowest BCUT2D eigenvalue weighted by molar-refractivity contribution is 1.07. The van der Waals surface area contributed by atoms with Crippen molar-refractivity contribution in [2.75, 3.05) is 4.90 Å². The van der Waals surface area contributed by atoms with Crippen molar-refractivity contribution in [1.29, 1.82) is 0 Å². The molecule has 0 radical (unpaired) electrons. The fraction of sp³-hybridized carbons (Fsp3) is 0.143. The van der Waals surface area contributed by atoms with E-state index in [-0.39, 0.29) is 0 Å². The molecule has 0 unspecified atom stereocenters. The second kappa shape index (κ2) is 4.05. The van der Waals surface area contributed by atoms with Crippen LogP contribution < -0.4 is 10.4 Å². The highest BCUT2D eigenvalue weighted by Crippen LogP contribution is 2.28. The number of hydrogen-bond donors (Lipinski definition) is 0. The minimum absolute atomic E-state index is 1.03. The highest BCUT2D eigenvalue weighted by molar-refractivity contribution is 6.32. The van der Waals surface area contributed by atoms with E-state index in [2.05, 4.69) is 69.6 Å². The molecule has 0 aromatic heterocycles. The van der Waals surface area contributed by atoms with Crippen molar-refractivity contribution in [2.45, 2.75) is 13.8 Å². The Balaban J connectivity index is 2.39. The van der Waals surface area contributed by atoms with Crippen LogP contribution in [0.15, 0.2) is 60.0 Å². The number of benzene rings is 1. The summed E-state index contributed by atoms with van der Waals surface area (Å²) in [5.41, 5.74) is 5.95. The van der Waals surface area contributed by atoms with Crippen LogP contribution in [-0.4, -0.2) is 7.85 Å². The Hall–Kier alpha value is -1.70. The van der Waals surface area contributed by atoms with E-state index in [1.54, 1.807) is 0 Å². The van der Waals surface area contributed by atoms with Gasteiger partial charge in [0.2, 0.25) is 0 Å². The van der Waals surface area contributed by atoms with Crippen LogP contribution in [-0.2, 0) is 0 Å².